The summed E-state index contributed by atoms with van der Waals surface area (Å²) in [6, 6.07) is 5.65. The van der Waals surface area contributed by atoms with Gasteiger partial charge in [-0.15, -0.1) is 11.3 Å². The highest BCUT2D eigenvalue weighted by molar-refractivity contribution is 7.92. The monoisotopic (exact) mass is 557 g/mol. The Labute approximate surface area is 210 Å². The summed E-state index contributed by atoms with van der Waals surface area (Å²) in [5.41, 5.74) is 0.387. The predicted octanol–water partition coefficient (Wildman–Crippen LogP) is 4.64. The second-order valence-electron chi connectivity index (χ2n) is 7.93. The molecule has 0 atom stereocenters. The number of halogens is 5. The summed E-state index contributed by atoms with van der Waals surface area (Å²) in [5.74, 6) is -2.90. The lowest BCUT2D eigenvalue weighted by Crippen LogP contribution is -2.44. The van der Waals surface area contributed by atoms with Crippen molar-refractivity contribution < 1.29 is 35.2 Å². The lowest BCUT2D eigenvalue weighted by Gasteiger charge is -2.29. The molecule has 3 heterocycles. The first-order chi connectivity index (χ1) is 17.6. The zero-order chi connectivity index (χ0) is 26.4. The molecule has 2 aromatic heterocycles. The van der Waals surface area contributed by atoms with Gasteiger partial charge in [0.25, 0.3) is 10.0 Å². The number of anilines is 1. The smallest absolute Gasteiger partial charge is 0.362 e. The summed E-state index contributed by atoms with van der Waals surface area (Å²) in [4.78, 5) is 8.51. The third kappa shape index (κ3) is 4.76. The molecule has 1 N–H and O–H groups in total. The Morgan fingerprint density at radius 3 is 2.54 bits per heavy atom. The summed E-state index contributed by atoms with van der Waals surface area (Å²) in [7, 11) is -4.93. The molecule has 0 radical (unpaired) electrons. The van der Waals surface area contributed by atoms with Crippen LogP contribution in [0.15, 0.2) is 64.4 Å². The summed E-state index contributed by atoms with van der Waals surface area (Å²) in [6.07, 6.45) is -3.31. The fourth-order valence-corrected chi connectivity index (χ4v) is 5.47. The molecule has 0 saturated carbocycles. The van der Waals surface area contributed by atoms with Crippen molar-refractivity contribution in [2.45, 2.75) is 17.1 Å². The minimum absolute atomic E-state index is 0.116. The van der Waals surface area contributed by atoms with Crippen molar-refractivity contribution in [1.29, 1.82) is 0 Å². The van der Waals surface area contributed by atoms with Crippen molar-refractivity contribution >= 4 is 27.2 Å². The zero-order valence-corrected chi connectivity index (χ0v) is 20.1. The van der Waals surface area contributed by atoms with Gasteiger partial charge in [-0.1, -0.05) is 4.47 Å². The minimum Gasteiger partial charge on any atom is -0.362 e. The Bertz CT molecular complexity index is 1540. The number of alkyl halides is 3. The van der Waals surface area contributed by atoms with Crippen molar-refractivity contribution in [2.24, 2.45) is 0 Å². The van der Waals surface area contributed by atoms with Crippen LogP contribution in [-0.4, -0.2) is 36.3 Å². The van der Waals surface area contributed by atoms with Gasteiger partial charge in [0.05, 0.1) is 22.8 Å². The van der Waals surface area contributed by atoms with Gasteiger partial charge in [0.15, 0.2) is 11.6 Å². The number of rotatable bonds is 7. The van der Waals surface area contributed by atoms with E-state index in [4.69, 9.17) is 4.84 Å². The van der Waals surface area contributed by atoms with Crippen LogP contribution in [-0.2, 0) is 16.2 Å². The fourth-order valence-electron chi connectivity index (χ4n) is 3.62. The van der Waals surface area contributed by atoms with E-state index in [1.165, 1.54) is 27.8 Å². The molecule has 5 rings (SSSR count). The lowest BCUT2D eigenvalue weighted by atomic mass is 10.1. The molecule has 0 aliphatic carbocycles. The minimum atomic E-state index is -4.93. The molecule has 15 heteroatoms. The maximum Gasteiger partial charge on any atom is 0.416 e. The summed E-state index contributed by atoms with van der Waals surface area (Å²) in [6.45, 7) is 1.06. The highest BCUT2D eigenvalue weighted by Gasteiger charge is 2.36. The molecular formula is C22H16F5N5O3S2. The molecule has 0 spiro atoms. The first-order valence-corrected chi connectivity index (χ1v) is 13.0. The fraction of sp³-hybridized carbons (Fsp3) is 0.182. The first kappa shape index (κ1) is 25.1. The third-order valence-electron chi connectivity index (χ3n) is 5.54. The van der Waals surface area contributed by atoms with E-state index in [0.29, 0.717) is 25.2 Å². The van der Waals surface area contributed by atoms with Crippen LogP contribution in [0.1, 0.15) is 11.6 Å². The maximum absolute atomic E-state index is 14.5. The predicted molar refractivity (Wildman–Crippen MR) is 123 cm³/mol. The number of hydrogen-bond donors (Lipinski definition) is 1. The molecule has 0 bridgehead atoms. The van der Waals surface area contributed by atoms with Gasteiger partial charge in [-0.3, -0.25) is 4.68 Å². The van der Waals surface area contributed by atoms with E-state index < -0.39 is 38.3 Å². The summed E-state index contributed by atoms with van der Waals surface area (Å²) < 4.78 is 97.7. The number of nitrogens with one attached hydrogen (secondary N) is 1. The molecule has 4 aromatic rings. The molecular weight excluding hydrogens is 541 g/mol. The van der Waals surface area contributed by atoms with Gasteiger partial charge in [-0.2, -0.15) is 26.7 Å². The largest absolute Gasteiger partial charge is 0.416 e. The van der Waals surface area contributed by atoms with Gasteiger partial charge in [0.1, 0.15) is 16.5 Å². The van der Waals surface area contributed by atoms with Gasteiger partial charge in [0.2, 0.25) is 0 Å². The van der Waals surface area contributed by atoms with Gasteiger partial charge in [-0.05, 0) is 42.5 Å². The van der Waals surface area contributed by atoms with Gasteiger partial charge in [0, 0.05) is 30.2 Å². The van der Waals surface area contributed by atoms with Crippen LogP contribution >= 0.6 is 11.3 Å². The quantitative estimate of drug-likeness (QED) is 0.263. The first-order valence-electron chi connectivity index (χ1n) is 10.6. The SMILES string of the molecule is O=S(=O)(c1cc(F)ccc1F)N(Oc1ccc(C(F)(F)F)cc1-c1ccnn1C1CNC1)c1cscn1. The molecule has 37 heavy (non-hydrogen) atoms. The van der Waals surface area contributed by atoms with E-state index in [2.05, 4.69) is 15.4 Å². The zero-order valence-electron chi connectivity index (χ0n) is 18.5. The van der Waals surface area contributed by atoms with Crippen LogP contribution in [0.25, 0.3) is 11.3 Å². The van der Waals surface area contributed by atoms with Crippen LogP contribution in [0.4, 0.5) is 27.8 Å². The Hall–Kier alpha value is -3.56. The van der Waals surface area contributed by atoms with Crippen molar-refractivity contribution in [3.05, 3.63) is 76.7 Å². The van der Waals surface area contributed by atoms with Gasteiger partial charge < -0.3 is 10.2 Å². The number of thiazole rings is 1. The molecule has 1 aliphatic rings. The highest BCUT2D eigenvalue weighted by Crippen LogP contribution is 2.39. The van der Waals surface area contributed by atoms with Crippen molar-refractivity contribution in [2.75, 3.05) is 17.6 Å². The van der Waals surface area contributed by atoms with Crippen molar-refractivity contribution in [3.8, 4) is 17.0 Å². The van der Waals surface area contributed by atoms with E-state index in [-0.39, 0.29) is 33.3 Å². The van der Waals surface area contributed by atoms with E-state index in [1.54, 1.807) is 0 Å². The van der Waals surface area contributed by atoms with Gasteiger partial charge in [-0.25, -0.2) is 13.8 Å². The molecule has 8 nitrogen and oxygen atoms in total. The van der Waals surface area contributed by atoms with Crippen LogP contribution in [0.3, 0.4) is 0 Å². The number of sulfonamides is 1. The topological polar surface area (TPSA) is 89.4 Å². The Kier molecular flexibility index (Phi) is 6.37. The average molecular weight is 558 g/mol. The van der Waals surface area contributed by atoms with Crippen LogP contribution in [0.5, 0.6) is 5.75 Å². The molecule has 0 unspecified atom stereocenters. The number of hydrogen-bond acceptors (Lipinski definition) is 7. The molecule has 1 saturated heterocycles. The Morgan fingerprint density at radius 2 is 1.89 bits per heavy atom. The van der Waals surface area contributed by atoms with Crippen LogP contribution in [0, 0.1) is 11.6 Å². The molecule has 1 fully saturated rings. The summed E-state index contributed by atoms with van der Waals surface area (Å²) >= 11 is 0.987. The van der Waals surface area contributed by atoms with E-state index >= 15 is 0 Å². The van der Waals surface area contributed by atoms with Gasteiger partial charge >= 0.3 is 6.18 Å². The van der Waals surface area contributed by atoms with E-state index in [1.807, 2.05) is 0 Å². The Balaban J connectivity index is 1.65. The average Bonchev–Trinajstić information content (AvgIpc) is 3.50. The second kappa shape index (κ2) is 9.39. The molecule has 1 aliphatic heterocycles. The number of benzene rings is 2. The Morgan fingerprint density at radius 1 is 1.11 bits per heavy atom. The van der Waals surface area contributed by atoms with Crippen LogP contribution in [0.2, 0.25) is 0 Å². The van der Waals surface area contributed by atoms with Crippen molar-refractivity contribution in [1.82, 2.24) is 20.1 Å². The summed E-state index contributed by atoms with van der Waals surface area (Å²) in [5, 5.41) is 8.51. The standard InChI is InChI=1S/C22H16F5N5O3S2/c23-14-2-3-17(24)20(8-14)37(33,34)32(21-11-36-12-29-21)35-19-4-1-13(22(25,26)27)7-16(19)18-5-6-30-31(18)15-9-28-10-15/h1-8,11-12,15,28H,9-10H2. The number of nitrogens with zero attached hydrogens (tertiary/aromatic N) is 4. The van der Waals surface area contributed by atoms with Crippen molar-refractivity contribution in [3.63, 3.8) is 0 Å². The maximum atomic E-state index is 14.5. The lowest BCUT2D eigenvalue weighted by molar-refractivity contribution is -0.137. The van der Waals surface area contributed by atoms with Crippen LogP contribution < -0.4 is 14.6 Å². The second-order valence-corrected chi connectivity index (χ2v) is 10.4. The highest BCUT2D eigenvalue weighted by atomic mass is 32.2. The normalized spacial score (nSPS) is 14.4. The molecule has 2 aromatic carbocycles. The number of aromatic nitrogens is 3. The van der Waals surface area contributed by atoms with E-state index in [9.17, 15) is 30.4 Å². The molecule has 194 valence electrons. The third-order valence-corrected chi connectivity index (χ3v) is 7.68. The van der Waals surface area contributed by atoms with E-state index in [0.717, 1.165) is 35.6 Å². The molecule has 0 amide bonds.